The maximum atomic E-state index is 13.1. The van der Waals surface area contributed by atoms with Gasteiger partial charge in [0.25, 0.3) is 0 Å². The summed E-state index contributed by atoms with van der Waals surface area (Å²) in [4.78, 5) is 20.8. The molecule has 5 nitrogen and oxygen atoms in total. The van der Waals surface area contributed by atoms with Gasteiger partial charge in [0.15, 0.2) is 5.78 Å². The van der Waals surface area contributed by atoms with E-state index in [2.05, 4.69) is 9.98 Å². The molecule has 0 aliphatic carbocycles. The zero-order valence-electron chi connectivity index (χ0n) is 12.1. The second-order valence-electron chi connectivity index (χ2n) is 5.00. The zero-order chi connectivity index (χ0) is 16.4. The van der Waals surface area contributed by atoms with Crippen molar-refractivity contribution in [3.8, 4) is 5.75 Å². The predicted octanol–water partition coefficient (Wildman–Crippen LogP) is 3.07. The lowest BCUT2D eigenvalue weighted by Gasteiger charge is -2.17. The number of carbonyl (C=O) groups excluding carboxylic acids is 1. The highest BCUT2D eigenvalue weighted by Crippen LogP contribution is 2.29. The van der Waals surface area contributed by atoms with Gasteiger partial charge in [-0.25, -0.2) is 4.39 Å². The number of rotatable bonds is 4. The molecule has 0 radical (unpaired) electrons. The van der Waals surface area contributed by atoms with Gasteiger partial charge in [-0.2, -0.15) is 0 Å². The molecule has 7 heteroatoms. The minimum atomic E-state index is -0.517. The number of nitrogens with zero attached hydrogens (tertiary/aromatic N) is 2. The molecule has 23 heavy (non-hydrogen) atoms. The number of hydrogen-bond donors (Lipinski definition) is 1. The van der Waals surface area contributed by atoms with Crippen LogP contribution in [0.2, 0.25) is 5.02 Å². The molecule has 1 aromatic heterocycles. The van der Waals surface area contributed by atoms with Gasteiger partial charge in [-0.05, 0) is 18.2 Å². The molecule has 2 heterocycles. The quantitative estimate of drug-likeness (QED) is 0.932. The molecule has 0 fully saturated rings. The summed E-state index contributed by atoms with van der Waals surface area (Å²) in [5.41, 5.74) is 7.79. The molecular formula is C16H13ClFN3O2. The maximum absolute atomic E-state index is 13.1. The molecule has 1 aliphatic rings. The van der Waals surface area contributed by atoms with Crippen LogP contribution in [0.3, 0.4) is 0 Å². The molecule has 2 N–H and O–H groups in total. The van der Waals surface area contributed by atoms with Crippen molar-refractivity contribution in [1.82, 2.24) is 4.98 Å². The first kappa shape index (κ1) is 15.6. The van der Waals surface area contributed by atoms with Crippen LogP contribution in [0.5, 0.6) is 5.75 Å². The number of aliphatic imine (C=N–C) groups is 1. The van der Waals surface area contributed by atoms with E-state index >= 15 is 0 Å². The average molecular weight is 334 g/mol. The minimum absolute atomic E-state index is 0.0240. The second kappa shape index (κ2) is 6.44. The summed E-state index contributed by atoms with van der Waals surface area (Å²) in [7, 11) is 0. The minimum Gasteiger partial charge on any atom is -0.488 e. The Labute approximate surface area is 137 Å². The fourth-order valence-corrected chi connectivity index (χ4v) is 2.46. The van der Waals surface area contributed by atoms with Crippen molar-refractivity contribution in [2.45, 2.75) is 13.0 Å². The van der Waals surface area contributed by atoms with Crippen LogP contribution in [-0.4, -0.2) is 23.1 Å². The Bertz CT molecular complexity index is 808. The first-order chi connectivity index (χ1) is 11.1. The lowest BCUT2D eigenvalue weighted by atomic mass is 10.00. The number of hydrogen-bond acceptors (Lipinski definition) is 5. The number of carbonyl (C=O) groups is 1. The molecule has 118 valence electrons. The summed E-state index contributed by atoms with van der Waals surface area (Å²) >= 11 is 5.70. The summed E-state index contributed by atoms with van der Waals surface area (Å²) in [5.74, 6) is -0.165. The maximum Gasteiger partial charge on any atom is 0.170 e. The van der Waals surface area contributed by atoms with E-state index in [0.717, 1.165) is 0 Å². The number of fused-ring (bicyclic) bond motifs is 1. The van der Waals surface area contributed by atoms with Crippen LogP contribution in [-0.2, 0) is 6.54 Å². The summed E-state index contributed by atoms with van der Waals surface area (Å²) < 4.78 is 18.7. The van der Waals surface area contributed by atoms with E-state index in [1.165, 1.54) is 18.2 Å². The number of ether oxygens (including phenoxy) is 1. The largest absolute Gasteiger partial charge is 0.488 e. The van der Waals surface area contributed by atoms with Crippen molar-refractivity contribution in [2.75, 3.05) is 6.61 Å². The Morgan fingerprint density at radius 3 is 2.91 bits per heavy atom. The molecule has 0 spiro atoms. The van der Waals surface area contributed by atoms with Gasteiger partial charge in [0, 0.05) is 24.4 Å². The van der Waals surface area contributed by atoms with E-state index in [1.54, 1.807) is 12.3 Å². The first-order valence-corrected chi connectivity index (χ1v) is 7.31. The van der Waals surface area contributed by atoms with Gasteiger partial charge >= 0.3 is 0 Å². The highest BCUT2D eigenvalue weighted by Gasteiger charge is 2.22. The summed E-state index contributed by atoms with van der Waals surface area (Å²) in [6.45, 7) is 0.299. The molecule has 1 aliphatic heterocycles. The van der Waals surface area contributed by atoms with Crippen molar-refractivity contribution in [3.05, 3.63) is 52.6 Å². The van der Waals surface area contributed by atoms with E-state index in [4.69, 9.17) is 22.1 Å². The van der Waals surface area contributed by atoms with Crippen molar-refractivity contribution in [3.63, 3.8) is 0 Å². The Hall–Kier alpha value is -2.31. The van der Waals surface area contributed by atoms with Gasteiger partial charge in [-0.3, -0.25) is 14.8 Å². The van der Waals surface area contributed by atoms with E-state index in [0.29, 0.717) is 28.4 Å². The highest BCUT2D eigenvalue weighted by molar-refractivity contribution is 6.30. The van der Waals surface area contributed by atoms with Crippen molar-refractivity contribution in [2.24, 2.45) is 10.7 Å². The Balaban J connectivity index is 1.82. The smallest absolute Gasteiger partial charge is 0.170 e. The molecule has 2 aromatic rings. The standard InChI is InChI=1S/C16H13ClFN3O2/c17-12-6-10(1-2-13(12)18)23-8-9-5-15(22)11-3-4-20-14(7-19)16(11)21-9/h1-4,6H,5,7-8,19H2. The SMILES string of the molecule is NCc1nccc2c1N=C(COc1ccc(F)c(Cl)c1)CC2=O. The number of pyridine rings is 1. The third kappa shape index (κ3) is 3.23. The molecule has 0 bridgehead atoms. The normalized spacial score (nSPS) is 13.5. The Kier molecular flexibility index (Phi) is 4.36. The lowest BCUT2D eigenvalue weighted by Crippen LogP contribution is -2.21. The third-order valence-electron chi connectivity index (χ3n) is 3.42. The molecule has 1 aromatic carbocycles. The predicted molar refractivity (Wildman–Crippen MR) is 85.1 cm³/mol. The van der Waals surface area contributed by atoms with E-state index < -0.39 is 5.82 Å². The van der Waals surface area contributed by atoms with Gasteiger partial charge in [-0.15, -0.1) is 0 Å². The van der Waals surface area contributed by atoms with E-state index in [9.17, 15) is 9.18 Å². The number of ketones is 1. The topological polar surface area (TPSA) is 77.6 Å². The van der Waals surface area contributed by atoms with Crippen LogP contribution in [0.15, 0.2) is 35.5 Å². The molecule has 0 saturated carbocycles. The van der Waals surface area contributed by atoms with Crippen molar-refractivity contribution < 1.29 is 13.9 Å². The van der Waals surface area contributed by atoms with Gasteiger partial charge in [-0.1, -0.05) is 11.6 Å². The van der Waals surface area contributed by atoms with Gasteiger partial charge in [0.2, 0.25) is 0 Å². The third-order valence-corrected chi connectivity index (χ3v) is 3.71. The number of Topliss-reactive ketones (excluding diaryl/α,β-unsaturated/α-hetero) is 1. The van der Waals surface area contributed by atoms with Gasteiger partial charge in [0.05, 0.1) is 28.5 Å². The van der Waals surface area contributed by atoms with Crippen LogP contribution in [0, 0.1) is 5.82 Å². The van der Waals surface area contributed by atoms with Crippen LogP contribution >= 0.6 is 11.6 Å². The molecule has 3 rings (SSSR count). The Morgan fingerprint density at radius 1 is 1.35 bits per heavy atom. The van der Waals surface area contributed by atoms with Crippen molar-refractivity contribution >= 4 is 28.8 Å². The Morgan fingerprint density at radius 2 is 2.17 bits per heavy atom. The van der Waals surface area contributed by atoms with Crippen molar-refractivity contribution in [1.29, 1.82) is 0 Å². The van der Waals surface area contributed by atoms with E-state index in [1.807, 2.05) is 0 Å². The highest BCUT2D eigenvalue weighted by atomic mass is 35.5. The van der Waals surface area contributed by atoms with Crippen LogP contribution in [0.4, 0.5) is 10.1 Å². The molecule has 0 saturated heterocycles. The fraction of sp³-hybridized carbons (Fsp3) is 0.188. The number of halogens is 2. The zero-order valence-corrected chi connectivity index (χ0v) is 12.8. The fourth-order valence-electron chi connectivity index (χ4n) is 2.29. The molecule has 0 unspecified atom stereocenters. The second-order valence-corrected chi connectivity index (χ2v) is 5.41. The number of benzene rings is 1. The average Bonchev–Trinajstić information content (AvgIpc) is 2.55. The van der Waals surface area contributed by atoms with Crippen LogP contribution in [0.25, 0.3) is 0 Å². The monoisotopic (exact) mass is 333 g/mol. The van der Waals surface area contributed by atoms with Crippen LogP contribution < -0.4 is 10.5 Å². The number of nitrogens with two attached hydrogens (primary N) is 1. The lowest BCUT2D eigenvalue weighted by molar-refractivity contribution is 0.0998. The first-order valence-electron chi connectivity index (χ1n) is 6.94. The molecule has 0 amide bonds. The number of aromatic nitrogens is 1. The van der Waals surface area contributed by atoms with Gasteiger partial charge in [0.1, 0.15) is 18.2 Å². The van der Waals surface area contributed by atoms with Gasteiger partial charge < -0.3 is 10.5 Å². The van der Waals surface area contributed by atoms with Crippen LogP contribution in [0.1, 0.15) is 22.5 Å². The summed E-state index contributed by atoms with van der Waals surface area (Å²) in [5, 5.41) is -0.0240. The summed E-state index contributed by atoms with van der Waals surface area (Å²) in [6.07, 6.45) is 1.71. The summed E-state index contributed by atoms with van der Waals surface area (Å²) in [6, 6.07) is 5.70. The molecular weight excluding hydrogens is 321 g/mol. The molecule has 0 atom stereocenters. The van der Waals surface area contributed by atoms with E-state index in [-0.39, 0.29) is 30.4 Å².